The number of guanidine groups is 1. The fourth-order valence-corrected chi connectivity index (χ4v) is 3.84. The lowest BCUT2D eigenvalue weighted by Gasteiger charge is -2.33. The van der Waals surface area contributed by atoms with E-state index < -0.39 is 0 Å². The minimum Gasteiger partial charge on any atom is -0.475 e. The maximum absolute atomic E-state index is 5.97. The number of aliphatic imine (C=N–C) groups is 1. The van der Waals surface area contributed by atoms with Crippen LogP contribution in [0.1, 0.15) is 59.4 Å². The summed E-state index contributed by atoms with van der Waals surface area (Å²) < 4.78 is 11.6. The Morgan fingerprint density at radius 2 is 1.94 bits per heavy atom. The molecule has 1 atom stereocenters. The molecule has 0 aliphatic carbocycles. The van der Waals surface area contributed by atoms with Gasteiger partial charge in [0.15, 0.2) is 5.96 Å². The molecule has 0 saturated carbocycles. The summed E-state index contributed by atoms with van der Waals surface area (Å²) in [6.45, 7) is 15.4. The predicted octanol–water partition coefficient (Wildman–Crippen LogP) is 4.07. The van der Waals surface area contributed by atoms with Gasteiger partial charge >= 0.3 is 0 Å². The monoisotopic (exact) mass is 561 g/mol. The van der Waals surface area contributed by atoms with Crippen LogP contribution in [-0.2, 0) is 11.3 Å². The van der Waals surface area contributed by atoms with Crippen molar-refractivity contribution in [3.8, 4) is 5.88 Å². The van der Waals surface area contributed by atoms with Crippen molar-refractivity contribution in [2.45, 2.75) is 78.7 Å². The van der Waals surface area contributed by atoms with Gasteiger partial charge in [-0.3, -0.25) is 4.99 Å². The zero-order valence-electron chi connectivity index (χ0n) is 20.8. The Hall–Kier alpha value is -1.13. The van der Waals surface area contributed by atoms with Crippen LogP contribution in [0.2, 0.25) is 0 Å². The summed E-state index contributed by atoms with van der Waals surface area (Å²) >= 11 is 0. The van der Waals surface area contributed by atoms with Crippen LogP contribution in [0, 0.1) is 5.92 Å². The van der Waals surface area contributed by atoms with Crippen molar-refractivity contribution in [3.63, 3.8) is 0 Å². The van der Waals surface area contributed by atoms with E-state index in [9.17, 15) is 0 Å². The van der Waals surface area contributed by atoms with Crippen molar-refractivity contribution >= 4 is 29.9 Å². The zero-order valence-corrected chi connectivity index (χ0v) is 23.1. The quantitative estimate of drug-likeness (QED) is 0.241. The maximum Gasteiger partial charge on any atom is 0.213 e. The van der Waals surface area contributed by atoms with Gasteiger partial charge in [-0.25, -0.2) is 4.98 Å². The molecule has 2 heterocycles. The van der Waals surface area contributed by atoms with E-state index in [0.29, 0.717) is 30.5 Å². The third-order valence-corrected chi connectivity index (χ3v) is 5.40. The van der Waals surface area contributed by atoms with Gasteiger partial charge in [0, 0.05) is 51.5 Å². The molecule has 184 valence electrons. The van der Waals surface area contributed by atoms with Gasteiger partial charge in [-0.05, 0) is 57.6 Å². The number of rotatable bonds is 11. The summed E-state index contributed by atoms with van der Waals surface area (Å²) in [5, 5.41) is 7.00. The lowest BCUT2D eigenvalue weighted by molar-refractivity contribution is 0.0532. The van der Waals surface area contributed by atoms with E-state index in [0.717, 1.165) is 57.0 Å². The highest BCUT2D eigenvalue weighted by Crippen LogP contribution is 2.15. The number of likely N-dealkylation sites (tertiary alicyclic amines) is 1. The third kappa shape index (κ3) is 11.7. The summed E-state index contributed by atoms with van der Waals surface area (Å²) in [4.78, 5) is 11.2. The molecule has 0 amide bonds. The first-order valence-corrected chi connectivity index (χ1v) is 11.8. The summed E-state index contributed by atoms with van der Waals surface area (Å²) in [6, 6.07) is 4.47. The number of hydrogen-bond donors (Lipinski definition) is 2. The molecule has 7 nitrogen and oxygen atoms in total. The van der Waals surface area contributed by atoms with Crippen molar-refractivity contribution in [2.24, 2.45) is 10.9 Å². The average molecular weight is 562 g/mol. The number of halogens is 1. The Labute approximate surface area is 212 Å². The molecule has 1 fully saturated rings. The summed E-state index contributed by atoms with van der Waals surface area (Å²) in [7, 11) is 1.82. The fourth-order valence-electron chi connectivity index (χ4n) is 3.84. The van der Waals surface area contributed by atoms with Gasteiger partial charge in [0.25, 0.3) is 0 Å². The van der Waals surface area contributed by atoms with Crippen molar-refractivity contribution < 1.29 is 9.47 Å². The molecule has 8 heteroatoms. The van der Waals surface area contributed by atoms with Crippen molar-refractivity contribution in [2.75, 3.05) is 33.3 Å². The number of ether oxygens (including phenoxy) is 2. The van der Waals surface area contributed by atoms with Crippen LogP contribution in [-0.4, -0.2) is 67.4 Å². The molecular weight excluding hydrogens is 517 g/mol. The fraction of sp³-hybridized carbons (Fsp3) is 0.750. The van der Waals surface area contributed by atoms with Gasteiger partial charge in [-0.1, -0.05) is 13.8 Å². The predicted molar refractivity (Wildman–Crippen MR) is 143 cm³/mol. The SMILES string of the molecule is CN=C(NCc1ccnc(OC(C)CC(C)C)c1)NC1CCN(CCOC(C)C)CC1.I. The second-order valence-corrected chi connectivity index (χ2v) is 9.17. The van der Waals surface area contributed by atoms with Crippen LogP contribution in [0.4, 0.5) is 0 Å². The molecule has 0 spiro atoms. The Balaban J connectivity index is 0.00000512. The first kappa shape index (κ1) is 28.9. The highest BCUT2D eigenvalue weighted by atomic mass is 127. The minimum atomic E-state index is 0. The minimum absolute atomic E-state index is 0. The smallest absolute Gasteiger partial charge is 0.213 e. The van der Waals surface area contributed by atoms with E-state index in [1.807, 2.05) is 25.4 Å². The highest BCUT2D eigenvalue weighted by Gasteiger charge is 2.19. The van der Waals surface area contributed by atoms with Crippen molar-refractivity contribution in [3.05, 3.63) is 23.9 Å². The topological polar surface area (TPSA) is 71.0 Å². The standard InChI is InChI=1S/C24H43N5O2.HI/c1-18(2)15-20(5)31-23-16-21(7-10-26-23)17-27-24(25-6)28-22-8-11-29(12-9-22)13-14-30-19(3)4;/h7,10,16,18-20,22H,8-9,11-15,17H2,1-6H3,(H2,25,27,28);1H. The van der Waals surface area contributed by atoms with Gasteiger partial charge < -0.3 is 25.0 Å². The molecule has 1 aromatic heterocycles. The second kappa shape index (κ2) is 15.7. The molecular formula is C24H44IN5O2. The summed E-state index contributed by atoms with van der Waals surface area (Å²) in [5.74, 6) is 2.13. The van der Waals surface area contributed by atoms with Crippen LogP contribution < -0.4 is 15.4 Å². The van der Waals surface area contributed by atoms with Gasteiger partial charge in [0.1, 0.15) is 0 Å². The van der Waals surface area contributed by atoms with E-state index in [4.69, 9.17) is 9.47 Å². The van der Waals surface area contributed by atoms with Crippen LogP contribution in [0.15, 0.2) is 23.3 Å². The molecule has 1 aliphatic heterocycles. The third-order valence-electron chi connectivity index (χ3n) is 5.40. The lowest BCUT2D eigenvalue weighted by atomic mass is 10.1. The van der Waals surface area contributed by atoms with Gasteiger partial charge in [0.05, 0.1) is 18.8 Å². The lowest BCUT2D eigenvalue weighted by Crippen LogP contribution is -2.49. The summed E-state index contributed by atoms with van der Waals surface area (Å²) in [6.07, 6.45) is 5.52. The van der Waals surface area contributed by atoms with E-state index in [1.54, 1.807) is 0 Å². The first-order valence-electron chi connectivity index (χ1n) is 11.8. The molecule has 1 aromatic rings. The van der Waals surface area contributed by atoms with E-state index in [1.165, 1.54) is 0 Å². The van der Waals surface area contributed by atoms with Crippen molar-refractivity contribution in [1.29, 1.82) is 0 Å². The van der Waals surface area contributed by atoms with E-state index in [-0.39, 0.29) is 30.1 Å². The Morgan fingerprint density at radius 1 is 1.22 bits per heavy atom. The molecule has 0 radical (unpaired) electrons. The van der Waals surface area contributed by atoms with Crippen molar-refractivity contribution in [1.82, 2.24) is 20.5 Å². The Bertz CT molecular complexity index is 664. The van der Waals surface area contributed by atoms with E-state index in [2.05, 4.69) is 60.1 Å². The molecule has 0 bridgehead atoms. The molecule has 1 saturated heterocycles. The van der Waals surface area contributed by atoms with Gasteiger partial charge in [-0.2, -0.15) is 0 Å². The number of piperidine rings is 1. The average Bonchev–Trinajstić information content (AvgIpc) is 2.71. The molecule has 0 aromatic carbocycles. The second-order valence-electron chi connectivity index (χ2n) is 9.17. The van der Waals surface area contributed by atoms with Gasteiger partial charge in [-0.15, -0.1) is 24.0 Å². The number of aromatic nitrogens is 1. The van der Waals surface area contributed by atoms with Crippen LogP contribution in [0.25, 0.3) is 0 Å². The largest absolute Gasteiger partial charge is 0.475 e. The zero-order chi connectivity index (χ0) is 22.6. The molecule has 2 rings (SSSR count). The van der Waals surface area contributed by atoms with Crippen LogP contribution in [0.5, 0.6) is 5.88 Å². The van der Waals surface area contributed by atoms with Crippen LogP contribution >= 0.6 is 24.0 Å². The highest BCUT2D eigenvalue weighted by molar-refractivity contribution is 14.0. The molecule has 1 unspecified atom stereocenters. The summed E-state index contributed by atoms with van der Waals surface area (Å²) in [5.41, 5.74) is 1.13. The van der Waals surface area contributed by atoms with Gasteiger partial charge in [0.2, 0.25) is 5.88 Å². The molecule has 1 aliphatic rings. The van der Waals surface area contributed by atoms with E-state index >= 15 is 0 Å². The Kier molecular flexibility index (Phi) is 14.1. The number of nitrogens with one attached hydrogen (secondary N) is 2. The normalized spacial score (nSPS) is 16.7. The number of nitrogens with zero attached hydrogens (tertiary/aromatic N) is 3. The number of hydrogen-bond acceptors (Lipinski definition) is 5. The number of pyridine rings is 1. The first-order chi connectivity index (χ1) is 14.9. The molecule has 2 N–H and O–H groups in total. The Morgan fingerprint density at radius 3 is 2.56 bits per heavy atom. The maximum atomic E-state index is 5.97. The molecule has 32 heavy (non-hydrogen) atoms. The van der Waals surface area contributed by atoms with Crippen LogP contribution in [0.3, 0.4) is 0 Å².